The van der Waals surface area contributed by atoms with E-state index in [9.17, 15) is 0 Å². The van der Waals surface area contributed by atoms with Gasteiger partial charge in [-0.15, -0.1) is 11.3 Å². The summed E-state index contributed by atoms with van der Waals surface area (Å²) in [6.07, 6.45) is 3.48. The molecule has 102 valence electrons. The lowest BCUT2D eigenvalue weighted by Gasteiger charge is -2.06. The van der Waals surface area contributed by atoms with Crippen LogP contribution in [-0.4, -0.2) is 33.1 Å². The highest BCUT2D eigenvalue weighted by Crippen LogP contribution is 2.12. The van der Waals surface area contributed by atoms with Crippen LogP contribution >= 0.6 is 22.9 Å². The fraction of sp³-hybridized carbons (Fsp3) is 0.455. The molecule has 0 aliphatic heterocycles. The number of hydrogen-bond acceptors (Lipinski definition) is 7. The average Bonchev–Trinajstić information content (AvgIpc) is 2.89. The molecule has 0 aliphatic rings. The Morgan fingerprint density at radius 2 is 2.26 bits per heavy atom. The first-order valence-corrected chi connectivity index (χ1v) is 7.20. The molecular formula is C11H14ClN5OS. The van der Waals surface area contributed by atoms with E-state index in [2.05, 4.69) is 25.3 Å². The SMILES string of the molecule is CCCOc1nc(Cl)nc(NCCc2nccs2)n1. The number of aromatic nitrogens is 4. The van der Waals surface area contributed by atoms with Crippen molar-refractivity contribution in [3.63, 3.8) is 0 Å². The molecule has 2 aromatic heterocycles. The lowest BCUT2D eigenvalue weighted by molar-refractivity contribution is 0.291. The number of hydrogen-bond donors (Lipinski definition) is 1. The van der Waals surface area contributed by atoms with Gasteiger partial charge in [-0.1, -0.05) is 6.92 Å². The summed E-state index contributed by atoms with van der Waals surface area (Å²) < 4.78 is 5.33. The Morgan fingerprint density at radius 3 is 3.00 bits per heavy atom. The molecule has 8 heteroatoms. The minimum Gasteiger partial charge on any atom is -0.463 e. The third-order valence-electron chi connectivity index (χ3n) is 2.13. The minimum absolute atomic E-state index is 0.123. The van der Waals surface area contributed by atoms with Crippen molar-refractivity contribution < 1.29 is 4.74 Å². The number of rotatable bonds is 7. The van der Waals surface area contributed by atoms with Gasteiger partial charge in [-0.25, -0.2) is 4.98 Å². The van der Waals surface area contributed by atoms with Crippen molar-refractivity contribution in [3.8, 4) is 6.01 Å². The standard InChI is InChI=1S/C11H14ClN5OS/c1-2-6-18-11-16-9(12)15-10(17-11)14-4-3-8-13-5-7-19-8/h5,7H,2-4,6H2,1H3,(H,14,15,16,17). The summed E-state index contributed by atoms with van der Waals surface area (Å²) in [5, 5.41) is 6.22. The maximum Gasteiger partial charge on any atom is 0.322 e. The zero-order valence-corrected chi connectivity index (χ0v) is 12.0. The average molecular weight is 300 g/mol. The van der Waals surface area contributed by atoms with E-state index in [0.717, 1.165) is 17.8 Å². The van der Waals surface area contributed by atoms with Crippen LogP contribution < -0.4 is 10.1 Å². The van der Waals surface area contributed by atoms with E-state index < -0.39 is 0 Å². The van der Waals surface area contributed by atoms with Gasteiger partial charge in [-0.05, 0) is 18.0 Å². The Labute approximate surface area is 120 Å². The predicted molar refractivity (Wildman–Crippen MR) is 74.9 cm³/mol. The van der Waals surface area contributed by atoms with Crippen LogP contribution in [0.5, 0.6) is 6.01 Å². The monoisotopic (exact) mass is 299 g/mol. The highest BCUT2D eigenvalue weighted by atomic mass is 35.5. The van der Waals surface area contributed by atoms with E-state index in [-0.39, 0.29) is 11.3 Å². The second-order valence-electron chi connectivity index (χ2n) is 3.66. The summed E-state index contributed by atoms with van der Waals surface area (Å²) in [5.74, 6) is 0.419. The molecule has 2 rings (SSSR count). The number of thiazole rings is 1. The summed E-state index contributed by atoms with van der Waals surface area (Å²) in [6, 6.07) is 0.249. The van der Waals surface area contributed by atoms with Crippen LogP contribution in [0.25, 0.3) is 0 Å². The lowest BCUT2D eigenvalue weighted by atomic mass is 10.4. The Morgan fingerprint density at radius 1 is 1.37 bits per heavy atom. The highest BCUT2D eigenvalue weighted by molar-refractivity contribution is 7.09. The van der Waals surface area contributed by atoms with Crippen molar-refractivity contribution in [1.82, 2.24) is 19.9 Å². The summed E-state index contributed by atoms with van der Waals surface area (Å²) in [5.41, 5.74) is 0. The van der Waals surface area contributed by atoms with Crippen LogP contribution in [0.3, 0.4) is 0 Å². The molecule has 0 spiro atoms. The molecule has 0 atom stereocenters. The Balaban J connectivity index is 1.90. The number of nitrogens with one attached hydrogen (secondary N) is 1. The number of halogens is 1. The number of anilines is 1. The second-order valence-corrected chi connectivity index (χ2v) is 4.98. The van der Waals surface area contributed by atoms with E-state index in [1.165, 1.54) is 0 Å². The maximum absolute atomic E-state index is 5.81. The third kappa shape index (κ3) is 4.60. The van der Waals surface area contributed by atoms with Gasteiger partial charge in [0, 0.05) is 24.5 Å². The first kappa shape index (κ1) is 14.0. The molecule has 0 fully saturated rings. The van der Waals surface area contributed by atoms with Crippen LogP contribution in [0.15, 0.2) is 11.6 Å². The smallest absolute Gasteiger partial charge is 0.322 e. The molecule has 2 heterocycles. The maximum atomic E-state index is 5.81. The second kappa shape index (κ2) is 7.20. The van der Waals surface area contributed by atoms with Crippen LogP contribution in [0, 0.1) is 0 Å². The third-order valence-corrected chi connectivity index (χ3v) is 3.14. The molecule has 0 saturated carbocycles. The Bertz CT molecular complexity index is 508. The summed E-state index contributed by atoms with van der Waals surface area (Å²) in [7, 11) is 0. The normalized spacial score (nSPS) is 10.4. The van der Waals surface area contributed by atoms with Crippen LogP contribution in [-0.2, 0) is 6.42 Å². The first-order chi connectivity index (χ1) is 9.28. The lowest BCUT2D eigenvalue weighted by Crippen LogP contribution is -2.10. The molecule has 6 nitrogen and oxygen atoms in total. The number of ether oxygens (including phenoxy) is 1. The largest absolute Gasteiger partial charge is 0.463 e. The van der Waals surface area contributed by atoms with Gasteiger partial charge < -0.3 is 10.1 Å². The summed E-state index contributed by atoms with van der Waals surface area (Å²) in [6.45, 7) is 3.25. The predicted octanol–water partition coefficient (Wildman–Crippen LogP) is 2.42. The van der Waals surface area contributed by atoms with E-state index in [1.807, 2.05) is 12.3 Å². The molecule has 0 aliphatic carbocycles. The van der Waals surface area contributed by atoms with Gasteiger partial charge in [-0.3, -0.25) is 0 Å². The Hall–Kier alpha value is -1.47. The van der Waals surface area contributed by atoms with Gasteiger partial charge in [-0.2, -0.15) is 15.0 Å². The Kier molecular flexibility index (Phi) is 5.29. The summed E-state index contributed by atoms with van der Waals surface area (Å²) in [4.78, 5) is 16.2. The van der Waals surface area contributed by atoms with Crippen molar-refractivity contribution in [2.24, 2.45) is 0 Å². The van der Waals surface area contributed by atoms with Gasteiger partial charge in [0.25, 0.3) is 0 Å². The molecule has 2 aromatic rings. The summed E-state index contributed by atoms with van der Waals surface area (Å²) >= 11 is 7.44. The molecule has 0 bridgehead atoms. The van der Waals surface area contributed by atoms with Gasteiger partial charge >= 0.3 is 6.01 Å². The van der Waals surface area contributed by atoms with Crippen molar-refractivity contribution in [1.29, 1.82) is 0 Å². The van der Waals surface area contributed by atoms with E-state index in [4.69, 9.17) is 16.3 Å². The molecule has 0 unspecified atom stereocenters. The molecule has 19 heavy (non-hydrogen) atoms. The van der Waals surface area contributed by atoms with Crippen molar-refractivity contribution in [2.75, 3.05) is 18.5 Å². The van der Waals surface area contributed by atoms with Crippen molar-refractivity contribution >= 4 is 28.9 Å². The van der Waals surface area contributed by atoms with E-state index in [1.54, 1.807) is 17.5 Å². The minimum atomic E-state index is 0.123. The van der Waals surface area contributed by atoms with Crippen molar-refractivity contribution in [2.45, 2.75) is 19.8 Å². The van der Waals surface area contributed by atoms with Crippen LogP contribution in [0.2, 0.25) is 5.28 Å². The molecule has 0 saturated heterocycles. The molecular weight excluding hydrogens is 286 g/mol. The molecule has 1 N–H and O–H groups in total. The molecule has 0 radical (unpaired) electrons. The molecule has 0 amide bonds. The fourth-order valence-corrected chi connectivity index (χ4v) is 2.10. The van der Waals surface area contributed by atoms with Gasteiger partial charge in [0.1, 0.15) is 0 Å². The van der Waals surface area contributed by atoms with Crippen LogP contribution in [0.1, 0.15) is 18.4 Å². The van der Waals surface area contributed by atoms with Gasteiger partial charge in [0.2, 0.25) is 11.2 Å². The zero-order chi connectivity index (χ0) is 13.5. The quantitative estimate of drug-likeness (QED) is 0.846. The van der Waals surface area contributed by atoms with Gasteiger partial charge in [0.05, 0.1) is 11.6 Å². The zero-order valence-electron chi connectivity index (χ0n) is 10.5. The fourth-order valence-electron chi connectivity index (χ4n) is 1.33. The molecule has 0 aromatic carbocycles. The van der Waals surface area contributed by atoms with E-state index >= 15 is 0 Å². The van der Waals surface area contributed by atoms with Crippen molar-refractivity contribution in [3.05, 3.63) is 21.9 Å². The van der Waals surface area contributed by atoms with Crippen LogP contribution in [0.4, 0.5) is 5.95 Å². The van der Waals surface area contributed by atoms with Gasteiger partial charge in [0.15, 0.2) is 0 Å². The first-order valence-electron chi connectivity index (χ1n) is 5.94. The topological polar surface area (TPSA) is 72.8 Å². The van der Waals surface area contributed by atoms with E-state index in [0.29, 0.717) is 19.1 Å². The number of nitrogens with zero attached hydrogens (tertiary/aromatic N) is 4. The highest BCUT2D eigenvalue weighted by Gasteiger charge is 2.05.